The molecule has 6 heteroatoms. The molecule has 0 fully saturated rings. The summed E-state index contributed by atoms with van der Waals surface area (Å²) in [5.41, 5.74) is 3.90. The average Bonchev–Trinajstić information content (AvgIpc) is 3.12. The van der Waals surface area contributed by atoms with Gasteiger partial charge in [-0.1, -0.05) is 23.9 Å². The number of aromatic nitrogens is 3. The van der Waals surface area contributed by atoms with E-state index in [2.05, 4.69) is 10.1 Å². The number of ether oxygens (including phenoxy) is 1. The van der Waals surface area contributed by atoms with Crippen LogP contribution < -0.4 is 4.74 Å². The van der Waals surface area contributed by atoms with E-state index in [1.165, 1.54) is 12.1 Å². The van der Waals surface area contributed by atoms with Gasteiger partial charge >= 0.3 is 0 Å². The van der Waals surface area contributed by atoms with E-state index in [1.807, 2.05) is 41.0 Å². The fourth-order valence-corrected chi connectivity index (χ4v) is 3.58. The predicted octanol–water partition coefficient (Wildman–Crippen LogP) is 4.84. The van der Waals surface area contributed by atoms with Gasteiger partial charge < -0.3 is 4.74 Å². The second kappa shape index (κ2) is 7.17. The van der Waals surface area contributed by atoms with Gasteiger partial charge in [-0.2, -0.15) is 5.10 Å². The fourth-order valence-electron chi connectivity index (χ4n) is 2.64. The monoisotopic (exact) mass is 365 g/mol. The minimum absolute atomic E-state index is 0.223. The minimum atomic E-state index is -0.223. The average molecular weight is 365 g/mol. The van der Waals surface area contributed by atoms with Crippen molar-refractivity contribution in [3.63, 3.8) is 0 Å². The first-order valence-electron chi connectivity index (χ1n) is 8.09. The largest absolute Gasteiger partial charge is 0.497 e. The molecule has 2 heterocycles. The first-order valence-corrected chi connectivity index (χ1v) is 9.07. The number of thioether (sulfide) groups is 1. The Kier molecular flexibility index (Phi) is 4.58. The number of benzene rings is 2. The van der Waals surface area contributed by atoms with Crippen LogP contribution in [0.1, 0.15) is 5.56 Å². The van der Waals surface area contributed by atoms with Gasteiger partial charge in [0.1, 0.15) is 16.6 Å². The molecular formula is C20H16FN3OS. The summed E-state index contributed by atoms with van der Waals surface area (Å²) in [6, 6.07) is 16.4. The smallest absolute Gasteiger partial charge is 0.123 e. The summed E-state index contributed by atoms with van der Waals surface area (Å²) in [7, 11) is 1.65. The van der Waals surface area contributed by atoms with Gasteiger partial charge in [0, 0.05) is 23.7 Å². The zero-order chi connectivity index (χ0) is 17.9. The fraction of sp³-hybridized carbons (Fsp3) is 0.100. The normalized spacial score (nSPS) is 11.0. The van der Waals surface area contributed by atoms with Crippen LogP contribution in [0.25, 0.3) is 16.8 Å². The highest BCUT2D eigenvalue weighted by Crippen LogP contribution is 2.28. The van der Waals surface area contributed by atoms with Gasteiger partial charge in [0.05, 0.1) is 18.3 Å². The summed E-state index contributed by atoms with van der Waals surface area (Å²) in [5, 5.41) is 5.53. The molecule has 0 bridgehead atoms. The summed E-state index contributed by atoms with van der Waals surface area (Å²) in [6.45, 7) is 0. The zero-order valence-corrected chi connectivity index (χ0v) is 14.9. The summed E-state index contributed by atoms with van der Waals surface area (Å²) in [5.74, 6) is 1.31. The molecule has 2 aromatic carbocycles. The van der Waals surface area contributed by atoms with Crippen LogP contribution >= 0.6 is 11.8 Å². The highest BCUT2D eigenvalue weighted by atomic mass is 32.2. The van der Waals surface area contributed by atoms with E-state index in [1.54, 1.807) is 37.2 Å². The summed E-state index contributed by atoms with van der Waals surface area (Å²) in [4.78, 5) is 4.48. The van der Waals surface area contributed by atoms with Crippen molar-refractivity contribution in [1.82, 2.24) is 14.6 Å². The van der Waals surface area contributed by atoms with E-state index in [4.69, 9.17) is 4.74 Å². The molecular weight excluding hydrogens is 349 g/mol. The van der Waals surface area contributed by atoms with Crippen LogP contribution in [0.3, 0.4) is 0 Å². The quantitative estimate of drug-likeness (QED) is 0.475. The second-order valence-electron chi connectivity index (χ2n) is 5.74. The molecule has 2 aromatic heterocycles. The van der Waals surface area contributed by atoms with Crippen LogP contribution in [0.2, 0.25) is 0 Å². The number of fused-ring (bicyclic) bond motifs is 1. The van der Waals surface area contributed by atoms with Crippen LogP contribution in [0.5, 0.6) is 5.75 Å². The first-order chi connectivity index (χ1) is 12.7. The third-order valence-corrected chi connectivity index (χ3v) is 5.09. The van der Waals surface area contributed by atoms with Crippen molar-refractivity contribution >= 4 is 17.3 Å². The number of halogens is 1. The summed E-state index contributed by atoms with van der Waals surface area (Å²) in [6.07, 6.45) is 3.58. The molecule has 0 saturated carbocycles. The Bertz CT molecular complexity index is 1030. The van der Waals surface area contributed by atoms with Gasteiger partial charge in [-0.3, -0.25) is 0 Å². The maximum Gasteiger partial charge on any atom is 0.123 e. The van der Waals surface area contributed by atoms with Gasteiger partial charge in [-0.15, -0.1) is 0 Å². The minimum Gasteiger partial charge on any atom is -0.497 e. The molecule has 0 aliphatic carbocycles. The van der Waals surface area contributed by atoms with Crippen molar-refractivity contribution < 1.29 is 9.13 Å². The maximum absolute atomic E-state index is 13.0. The Morgan fingerprint density at radius 2 is 1.85 bits per heavy atom. The number of nitrogens with zero attached hydrogens (tertiary/aromatic N) is 3. The van der Waals surface area contributed by atoms with E-state index in [9.17, 15) is 4.39 Å². The van der Waals surface area contributed by atoms with Gasteiger partial charge in [0.2, 0.25) is 0 Å². The number of methoxy groups -OCH3 is 1. The van der Waals surface area contributed by atoms with E-state index < -0.39 is 0 Å². The van der Waals surface area contributed by atoms with E-state index in [0.717, 1.165) is 38.9 Å². The zero-order valence-electron chi connectivity index (χ0n) is 14.1. The van der Waals surface area contributed by atoms with Crippen LogP contribution in [0, 0.1) is 5.82 Å². The SMILES string of the molecule is COc1ccc(-c2cc3c(SCc4ccc(F)cc4)nccn3n2)cc1. The van der Waals surface area contributed by atoms with E-state index >= 15 is 0 Å². The number of hydrogen-bond donors (Lipinski definition) is 0. The molecule has 0 aliphatic heterocycles. The molecule has 0 N–H and O–H groups in total. The van der Waals surface area contributed by atoms with Crippen LogP contribution in [-0.2, 0) is 5.75 Å². The lowest BCUT2D eigenvalue weighted by Crippen LogP contribution is -1.91. The Morgan fingerprint density at radius 1 is 1.08 bits per heavy atom. The lowest BCUT2D eigenvalue weighted by Gasteiger charge is -2.03. The van der Waals surface area contributed by atoms with Crippen molar-refractivity contribution in [1.29, 1.82) is 0 Å². The molecule has 4 nitrogen and oxygen atoms in total. The molecule has 4 aromatic rings. The van der Waals surface area contributed by atoms with E-state index in [-0.39, 0.29) is 5.82 Å². The van der Waals surface area contributed by atoms with Gasteiger partial charge in [0.15, 0.2) is 0 Å². The Hall–Kier alpha value is -2.86. The highest BCUT2D eigenvalue weighted by Gasteiger charge is 2.10. The van der Waals surface area contributed by atoms with Crippen molar-refractivity contribution in [2.24, 2.45) is 0 Å². The third-order valence-electron chi connectivity index (χ3n) is 4.03. The van der Waals surface area contributed by atoms with Crippen LogP contribution in [-0.4, -0.2) is 21.7 Å². The Balaban J connectivity index is 1.61. The maximum atomic E-state index is 13.0. The van der Waals surface area contributed by atoms with Crippen LogP contribution in [0.4, 0.5) is 4.39 Å². The molecule has 4 rings (SSSR count). The molecule has 0 saturated heterocycles. The molecule has 26 heavy (non-hydrogen) atoms. The van der Waals surface area contributed by atoms with Gasteiger partial charge in [-0.25, -0.2) is 13.9 Å². The van der Waals surface area contributed by atoms with E-state index in [0.29, 0.717) is 0 Å². The summed E-state index contributed by atoms with van der Waals surface area (Å²) >= 11 is 1.61. The van der Waals surface area contributed by atoms with Gasteiger partial charge in [0.25, 0.3) is 0 Å². The summed E-state index contributed by atoms with van der Waals surface area (Å²) < 4.78 is 20.1. The molecule has 0 spiro atoms. The number of hydrogen-bond acceptors (Lipinski definition) is 4. The second-order valence-corrected chi connectivity index (χ2v) is 6.70. The Labute approximate surface area is 154 Å². The highest BCUT2D eigenvalue weighted by molar-refractivity contribution is 7.98. The standard InChI is InChI=1S/C20H16FN3OS/c1-25-17-8-4-15(5-9-17)18-12-19-20(22-10-11-24(19)23-18)26-13-14-2-6-16(21)7-3-14/h2-12H,13H2,1H3. The molecule has 130 valence electrons. The number of rotatable bonds is 5. The molecule has 0 radical (unpaired) electrons. The molecule has 0 aliphatic rings. The lowest BCUT2D eigenvalue weighted by molar-refractivity contribution is 0.415. The third kappa shape index (κ3) is 3.41. The first kappa shape index (κ1) is 16.6. The van der Waals surface area contributed by atoms with Crippen molar-refractivity contribution in [3.8, 4) is 17.0 Å². The van der Waals surface area contributed by atoms with Crippen molar-refractivity contribution in [2.75, 3.05) is 7.11 Å². The van der Waals surface area contributed by atoms with Crippen molar-refractivity contribution in [2.45, 2.75) is 10.8 Å². The Morgan fingerprint density at radius 3 is 2.58 bits per heavy atom. The molecule has 0 amide bonds. The molecule has 0 atom stereocenters. The van der Waals surface area contributed by atoms with Crippen LogP contribution in [0.15, 0.2) is 72.0 Å². The molecule has 0 unspecified atom stereocenters. The van der Waals surface area contributed by atoms with Gasteiger partial charge in [-0.05, 0) is 48.0 Å². The predicted molar refractivity (Wildman–Crippen MR) is 101 cm³/mol. The van der Waals surface area contributed by atoms with Crippen molar-refractivity contribution in [3.05, 3.63) is 78.4 Å². The topological polar surface area (TPSA) is 39.4 Å². The lowest BCUT2D eigenvalue weighted by atomic mass is 10.1.